The summed E-state index contributed by atoms with van der Waals surface area (Å²) in [7, 11) is 0. The maximum Gasteiger partial charge on any atom is 0.257 e. The van der Waals surface area contributed by atoms with E-state index in [-0.39, 0.29) is 24.0 Å². The van der Waals surface area contributed by atoms with Gasteiger partial charge < -0.3 is 15.2 Å². The van der Waals surface area contributed by atoms with Crippen molar-refractivity contribution < 1.29 is 4.52 Å². The van der Waals surface area contributed by atoms with Crippen molar-refractivity contribution in [2.75, 3.05) is 13.1 Å². The molecule has 0 bridgehead atoms. The second kappa shape index (κ2) is 9.89. The Morgan fingerprint density at radius 3 is 2.58 bits per heavy atom. The molecule has 1 aromatic heterocycles. The number of hydrogen-bond donors (Lipinski definition) is 2. The molecular formula is C19H28IN5O. The number of aliphatic imine (C=N–C) groups is 1. The van der Waals surface area contributed by atoms with Gasteiger partial charge in [0.2, 0.25) is 0 Å². The van der Waals surface area contributed by atoms with Gasteiger partial charge in [-0.05, 0) is 43.4 Å². The molecule has 0 radical (unpaired) electrons. The van der Waals surface area contributed by atoms with E-state index in [4.69, 9.17) is 4.52 Å². The Labute approximate surface area is 172 Å². The quantitative estimate of drug-likeness (QED) is 0.369. The predicted octanol–water partition coefficient (Wildman–Crippen LogP) is 3.42. The fourth-order valence-corrected chi connectivity index (χ4v) is 2.64. The first-order valence-corrected chi connectivity index (χ1v) is 9.16. The van der Waals surface area contributed by atoms with Gasteiger partial charge in [0, 0.05) is 31.1 Å². The fraction of sp³-hybridized carbons (Fsp3) is 0.526. The second-order valence-corrected chi connectivity index (χ2v) is 6.54. The van der Waals surface area contributed by atoms with Crippen molar-refractivity contribution in [3.05, 3.63) is 35.7 Å². The molecule has 0 spiro atoms. The van der Waals surface area contributed by atoms with E-state index in [2.05, 4.69) is 51.7 Å². The minimum atomic E-state index is 0. The van der Waals surface area contributed by atoms with Crippen molar-refractivity contribution in [2.45, 2.75) is 46.1 Å². The smallest absolute Gasteiger partial charge is 0.257 e. The van der Waals surface area contributed by atoms with Crippen LogP contribution in [0.5, 0.6) is 0 Å². The summed E-state index contributed by atoms with van der Waals surface area (Å²) >= 11 is 0. The number of aryl methyl sites for hydroxylation is 1. The Morgan fingerprint density at radius 2 is 2.00 bits per heavy atom. The van der Waals surface area contributed by atoms with Crippen molar-refractivity contribution in [1.29, 1.82) is 0 Å². The van der Waals surface area contributed by atoms with Gasteiger partial charge in [-0.1, -0.05) is 31.1 Å². The number of guanidine groups is 1. The number of halogens is 1. The lowest BCUT2D eigenvalue weighted by atomic mass is 10.1. The molecule has 3 rings (SSSR count). The van der Waals surface area contributed by atoms with Crippen LogP contribution in [0.1, 0.15) is 38.6 Å². The van der Waals surface area contributed by atoms with Gasteiger partial charge in [0.1, 0.15) is 0 Å². The van der Waals surface area contributed by atoms with E-state index < -0.39 is 0 Å². The highest BCUT2D eigenvalue weighted by Crippen LogP contribution is 2.28. The molecule has 1 aliphatic rings. The van der Waals surface area contributed by atoms with Crippen molar-refractivity contribution in [1.82, 2.24) is 20.8 Å². The fourth-order valence-electron chi connectivity index (χ4n) is 2.64. The number of benzene rings is 1. The molecule has 2 unspecified atom stereocenters. The molecule has 7 heteroatoms. The topological polar surface area (TPSA) is 75.3 Å². The lowest BCUT2D eigenvalue weighted by Gasteiger charge is -2.10. The SMILES string of the molecule is CCNC(=NCCc1ccc(-c2nc(CC)no2)cc1)NC1CC1C.I. The predicted molar refractivity (Wildman–Crippen MR) is 115 cm³/mol. The lowest BCUT2D eigenvalue weighted by molar-refractivity contribution is 0.423. The minimum Gasteiger partial charge on any atom is -0.357 e. The molecule has 1 saturated carbocycles. The number of nitrogens with zero attached hydrogens (tertiary/aromatic N) is 3. The third-order valence-electron chi connectivity index (χ3n) is 4.43. The average molecular weight is 469 g/mol. The van der Waals surface area contributed by atoms with Gasteiger partial charge in [-0.15, -0.1) is 24.0 Å². The van der Waals surface area contributed by atoms with Crippen LogP contribution in [-0.4, -0.2) is 35.2 Å². The molecule has 1 fully saturated rings. The molecule has 0 amide bonds. The van der Waals surface area contributed by atoms with E-state index in [1.807, 2.05) is 19.1 Å². The van der Waals surface area contributed by atoms with Crippen LogP contribution in [0, 0.1) is 5.92 Å². The zero-order valence-corrected chi connectivity index (χ0v) is 18.0. The highest BCUT2D eigenvalue weighted by atomic mass is 127. The van der Waals surface area contributed by atoms with Gasteiger partial charge in [-0.2, -0.15) is 4.98 Å². The Balaban J connectivity index is 0.00000243. The first-order chi connectivity index (χ1) is 12.2. The molecule has 1 aromatic carbocycles. The van der Waals surface area contributed by atoms with E-state index in [0.717, 1.165) is 49.2 Å². The van der Waals surface area contributed by atoms with Crippen LogP contribution >= 0.6 is 24.0 Å². The summed E-state index contributed by atoms with van der Waals surface area (Å²) in [6.45, 7) is 8.00. The highest BCUT2D eigenvalue weighted by molar-refractivity contribution is 14.0. The minimum absolute atomic E-state index is 0. The van der Waals surface area contributed by atoms with Crippen LogP contribution in [0.3, 0.4) is 0 Å². The Bertz CT molecular complexity index is 713. The Kier molecular flexibility index (Phi) is 7.86. The van der Waals surface area contributed by atoms with Crippen LogP contribution in [0.2, 0.25) is 0 Å². The van der Waals surface area contributed by atoms with Gasteiger partial charge in [-0.25, -0.2) is 0 Å². The number of aromatic nitrogens is 2. The first kappa shape index (κ1) is 20.7. The van der Waals surface area contributed by atoms with Crippen LogP contribution in [0.15, 0.2) is 33.8 Å². The van der Waals surface area contributed by atoms with Gasteiger partial charge in [0.05, 0.1) is 0 Å². The summed E-state index contributed by atoms with van der Waals surface area (Å²) in [5.74, 6) is 3.00. The molecule has 6 nitrogen and oxygen atoms in total. The van der Waals surface area contributed by atoms with Crippen LogP contribution in [-0.2, 0) is 12.8 Å². The van der Waals surface area contributed by atoms with E-state index >= 15 is 0 Å². The normalized spacial score (nSPS) is 19.0. The largest absolute Gasteiger partial charge is 0.357 e. The molecule has 2 atom stereocenters. The van der Waals surface area contributed by atoms with Gasteiger partial charge in [0.25, 0.3) is 5.89 Å². The lowest BCUT2D eigenvalue weighted by Crippen LogP contribution is -2.39. The summed E-state index contributed by atoms with van der Waals surface area (Å²) < 4.78 is 5.27. The molecule has 2 N–H and O–H groups in total. The molecule has 0 aliphatic heterocycles. The number of rotatable bonds is 7. The summed E-state index contributed by atoms with van der Waals surface area (Å²) in [4.78, 5) is 9.03. The van der Waals surface area contributed by atoms with Crippen molar-refractivity contribution in [2.24, 2.45) is 10.9 Å². The summed E-state index contributed by atoms with van der Waals surface area (Å²) in [6, 6.07) is 8.84. The van der Waals surface area contributed by atoms with Crippen LogP contribution < -0.4 is 10.6 Å². The van der Waals surface area contributed by atoms with Crippen molar-refractivity contribution in [3.63, 3.8) is 0 Å². The summed E-state index contributed by atoms with van der Waals surface area (Å²) in [6.07, 6.45) is 2.92. The van der Waals surface area contributed by atoms with E-state index in [0.29, 0.717) is 11.9 Å². The van der Waals surface area contributed by atoms with E-state index in [9.17, 15) is 0 Å². The van der Waals surface area contributed by atoms with Crippen LogP contribution in [0.4, 0.5) is 0 Å². The highest BCUT2D eigenvalue weighted by Gasteiger charge is 2.33. The zero-order chi connectivity index (χ0) is 17.6. The maximum absolute atomic E-state index is 5.27. The second-order valence-electron chi connectivity index (χ2n) is 6.54. The molecule has 26 heavy (non-hydrogen) atoms. The van der Waals surface area contributed by atoms with Crippen LogP contribution in [0.25, 0.3) is 11.5 Å². The zero-order valence-electron chi connectivity index (χ0n) is 15.7. The third kappa shape index (κ3) is 5.69. The molecule has 1 aliphatic carbocycles. The van der Waals surface area contributed by atoms with Gasteiger partial charge in [-0.3, -0.25) is 4.99 Å². The third-order valence-corrected chi connectivity index (χ3v) is 4.43. The standard InChI is InChI=1S/C19H27N5O.HI/c1-4-17-23-18(25-24-17)15-8-6-14(7-9-15)10-11-21-19(20-5-2)22-16-12-13(16)3;/h6-9,13,16H,4-5,10-12H2,1-3H3,(H2,20,21,22);1H. The average Bonchev–Trinajstić information content (AvgIpc) is 3.12. The molecule has 142 valence electrons. The Hall–Kier alpha value is -1.64. The van der Waals surface area contributed by atoms with E-state index in [1.165, 1.54) is 12.0 Å². The van der Waals surface area contributed by atoms with Crippen molar-refractivity contribution >= 4 is 29.9 Å². The monoisotopic (exact) mass is 469 g/mol. The summed E-state index contributed by atoms with van der Waals surface area (Å²) in [5, 5.41) is 10.7. The maximum atomic E-state index is 5.27. The Morgan fingerprint density at radius 1 is 1.27 bits per heavy atom. The number of nitrogens with one attached hydrogen (secondary N) is 2. The molecule has 1 heterocycles. The van der Waals surface area contributed by atoms with E-state index in [1.54, 1.807) is 0 Å². The molecule has 2 aromatic rings. The van der Waals surface area contributed by atoms with Gasteiger partial charge in [0.15, 0.2) is 11.8 Å². The van der Waals surface area contributed by atoms with Crippen molar-refractivity contribution in [3.8, 4) is 11.5 Å². The first-order valence-electron chi connectivity index (χ1n) is 9.16. The molecular weight excluding hydrogens is 441 g/mol. The van der Waals surface area contributed by atoms with Gasteiger partial charge >= 0.3 is 0 Å². The number of hydrogen-bond acceptors (Lipinski definition) is 4. The molecule has 0 saturated heterocycles. The summed E-state index contributed by atoms with van der Waals surface area (Å²) in [5.41, 5.74) is 2.20.